The Morgan fingerprint density at radius 2 is 2.18 bits per heavy atom. The van der Waals surface area contributed by atoms with Gasteiger partial charge in [0.15, 0.2) is 0 Å². The van der Waals surface area contributed by atoms with Crippen LogP contribution in [-0.4, -0.2) is 86.5 Å². The van der Waals surface area contributed by atoms with Gasteiger partial charge in [-0.25, -0.2) is 4.68 Å². The molecule has 2 fully saturated rings. The molecule has 3 heterocycles. The first-order valence-electron chi connectivity index (χ1n) is 9.83. The third-order valence-electron chi connectivity index (χ3n) is 5.49. The number of amides is 1. The van der Waals surface area contributed by atoms with E-state index in [1.807, 2.05) is 4.90 Å². The molecular weight excluding hydrogens is 360 g/mol. The smallest absolute Gasteiger partial charge is 0.257 e. The van der Waals surface area contributed by atoms with Crippen LogP contribution in [0.4, 0.5) is 0 Å². The van der Waals surface area contributed by atoms with E-state index in [-0.39, 0.29) is 29.2 Å². The Bertz CT molecular complexity index is 812. The van der Waals surface area contributed by atoms with Gasteiger partial charge in [-0.05, 0) is 41.6 Å². The Labute approximate surface area is 163 Å². The number of unbranched alkanes of at least 4 members (excludes halogenated alkanes) is 1. The second-order valence-corrected chi connectivity index (χ2v) is 7.57. The van der Waals surface area contributed by atoms with Crippen LogP contribution in [0.5, 0.6) is 5.75 Å². The van der Waals surface area contributed by atoms with E-state index >= 15 is 0 Å². The van der Waals surface area contributed by atoms with Gasteiger partial charge in [-0.2, -0.15) is 0 Å². The molecule has 2 aliphatic rings. The number of fused-ring (bicyclic) bond motifs is 3. The standard InChI is InChI=1S/C19H26N6O3/c1-2-3-6-23-8-14-9-24(10-16(23)12-28-11-14)19(27)17-7-15(4-5-18(17)26)25-13-20-21-22-25/h4-5,7,13-14,16,26H,2-3,6,8-12H2,1H3/t14-,16+/m1/s1. The van der Waals surface area contributed by atoms with Gasteiger partial charge in [0.25, 0.3) is 5.91 Å². The third-order valence-corrected chi connectivity index (χ3v) is 5.49. The Balaban J connectivity index is 1.57. The summed E-state index contributed by atoms with van der Waals surface area (Å²) < 4.78 is 7.31. The number of nitrogens with zero attached hydrogens (tertiary/aromatic N) is 6. The average Bonchev–Trinajstić information content (AvgIpc) is 3.08. The minimum absolute atomic E-state index is 0.0321. The number of rotatable bonds is 5. The summed E-state index contributed by atoms with van der Waals surface area (Å²) in [5, 5.41) is 21.4. The average molecular weight is 386 g/mol. The first-order chi connectivity index (χ1) is 13.7. The molecule has 1 amide bonds. The molecular formula is C19H26N6O3. The number of carbonyl (C=O) groups is 1. The van der Waals surface area contributed by atoms with Gasteiger partial charge in [0.05, 0.1) is 30.5 Å². The monoisotopic (exact) mass is 386 g/mol. The van der Waals surface area contributed by atoms with E-state index in [9.17, 15) is 9.90 Å². The summed E-state index contributed by atoms with van der Waals surface area (Å²) in [5.74, 6) is 0.0788. The number of phenolic OH excluding ortho intramolecular Hbond substituents is 1. The highest BCUT2D eigenvalue weighted by Gasteiger charge is 2.35. The van der Waals surface area contributed by atoms with Crippen molar-refractivity contribution >= 4 is 5.91 Å². The molecule has 1 aromatic carbocycles. The molecule has 0 unspecified atom stereocenters. The quantitative estimate of drug-likeness (QED) is 0.817. The van der Waals surface area contributed by atoms with Crippen molar-refractivity contribution < 1.29 is 14.6 Å². The summed E-state index contributed by atoms with van der Waals surface area (Å²) in [6, 6.07) is 5.02. The van der Waals surface area contributed by atoms with E-state index in [1.165, 1.54) is 17.1 Å². The van der Waals surface area contributed by atoms with Crippen molar-refractivity contribution in [2.45, 2.75) is 25.8 Å². The maximum Gasteiger partial charge on any atom is 0.257 e. The van der Waals surface area contributed by atoms with Crippen molar-refractivity contribution in [3.63, 3.8) is 0 Å². The highest BCUT2D eigenvalue weighted by atomic mass is 16.5. The number of carbonyl (C=O) groups excluding carboxylic acids is 1. The van der Waals surface area contributed by atoms with Gasteiger partial charge < -0.3 is 14.7 Å². The van der Waals surface area contributed by atoms with E-state index in [4.69, 9.17) is 4.74 Å². The molecule has 0 saturated carbocycles. The minimum Gasteiger partial charge on any atom is -0.507 e. The zero-order valence-electron chi connectivity index (χ0n) is 16.1. The number of ether oxygens (including phenoxy) is 1. The zero-order valence-corrected chi connectivity index (χ0v) is 16.1. The van der Waals surface area contributed by atoms with Crippen LogP contribution >= 0.6 is 0 Å². The zero-order chi connectivity index (χ0) is 19.5. The fourth-order valence-electron chi connectivity index (χ4n) is 4.02. The second-order valence-electron chi connectivity index (χ2n) is 7.57. The molecule has 9 nitrogen and oxygen atoms in total. The Hall–Kier alpha value is -2.52. The van der Waals surface area contributed by atoms with Gasteiger partial charge in [0, 0.05) is 25.6 Å². The summed E-state index contributed by atoms with van der Waals surface area (Å²) in [6.07, 6.45) is 3.75. The van der Waals surface area contributed by atoms with Crippen LogP contribution in [0.15, 0.2) is 24.5 Å². The highest BCUT2D eigenvalue weighted by Crippen LogP contribution is 2.26. The summed E-state index contributed by atoms with van der Waals surface area (Å²) in [4.78, 5) is 17.6. The third kappa shape index (κ3) is 3.85. The molecule has 2 saturated heterocycles. The lowest BCUT2D eigenvalue weighted by Crippen LogP contribution is -2.46. The van der Waals surface area contributed by atoms with Crippen LogP contribution in [0.2, 0.25) is 0 Å². The molecule has 2 bridgehead atoms. The SMILES string of the molecule is CCCCN1C[C@H]2COC[C@@H]1CN(C(=O)c1cc(-n3cnnn3)ccc1O)C2. The topological polar surface area (TPSA) is 96.6 Å². The number of aromatic hydroxyl groups is 1. The molecule has 0 radical (unpaired) electrons. The van der Waals surface area contributed by atoms with Gasteiger partial charge in [0.1, 0.15) is 12.1 Å². The lowest BCUT2D eigenvalue weighted by molar-refractivity contribution is 0.0410. The van der Waals surface area contributed by atoms with Crippen molar-refractivity contribution in [2.24, 2.45) is 5.92 Å². The van der Waals surface area contributed by atoms with Gasteiger partial charge >= 0.3 is 0 Å². The molecule has 1 N–H and O–H groups in total. The van der Waals surface area contributed by atoms with Crippen molar-refractivity contribution in [3.05, 3.63) is 30.1 Å². The molecule has 9 heteroatoms. The van der Waals surface area contributed by atoms with Crippen molar-refractivity contribution in [2.75, 3.05) is 39.4 Å². The number of phenols is 1. The molecule has 0 aliphatic carbocycles. The number of hydrogen-bond donors (Lipinski definition) is 1. The number of tetrazole rings is 1. The van der Waals surface area contributed by atoms with E-state index < -0.39 is 0 Å². The molecule has 2 aromatic rings. The summed E-state index contributed by atoms with van der Waals surface area (Å²) in [5.41, 5.74) is 0.906. The number of benzene rings is 1. The van der Waals surface area contributed by atoms with Gasteiger partial charge in [-0.1, -0.05) is 13.3 Å². The molecule has 0 spiro atoms. The normalized spacial score (nSPS) is 22.8. The summed E-state index contributed by atoms with van der Waals surface area (Å²) in [6.45, 7) is 6.71. The molecule has 2 aliphatic heterocycles. The van der Waals surface area contributed by atoms with Crippen molar-refractivity contribution in [3.8, 4) is 11.4 Å². The van der Waals surface area contributed by atoms with Crippen LogP contribution < -0.4 is 0 Å². The molecule has 150 valence electrons. The van der Waals surface area contributed by atoms with Gasteiger partial charge in [0.2, 0.25) is 0 Å². The van der Waals surface area contributed by atoms with Crippen LogP contribution in [0.3, 0.4) is 0 Å². The maximum atomic E-state index is 13.3. The van der Waals surface area contributed by atoms with Crippen LogP contribution in [0.25, 0.3) is 5.69 Å². The van der Waals surface area contributed by atoms with Gasteiger partial charge in [-0.3, -0.25) is 9.69 Å². The maximum absolute atomic E-state index is 13.3. The molecule has 1 aromatic heterocycles. The van der Waals surface area contributed by atoms with E-state index in [0.717, 1.165) is 25.9 Å². The molecule has 28 heavy (non-hydrogen) atoms. The van der Waals surface area contributed by atoms with Crippen LogP contribution in [0, 0.1) is 5.92 Å². The number of hydrogen-bond acceptors (Lipinski definition) is 7. The molecule has 4 rings (SSSR count). The lowest BCUT2D eigenvalue weighted by atomic mass is 10.1. The number of aromatic nitrogens is 4. The predicted molar refractivity (Wildman–Crippen MR) is 101 cm³/mol. The van der Waals surface area contributed by atoms with Crippen molar-refractivity contribution in [1.29, 1.82) is 0 Å². The Kier molecular flexibility index (Phi) is 5.54. The molecule has 2 atom stereocenters. The van der Waals surface area contributed by atoms with E-state index in [1.54, 1.807) is 12.1 Å². The summed E-state index contributed by atoms with van der Waals surface area (Å²) in [7, 11) is 0. The van der Waals surface area contributed by atoms with Crippen LogP contribution in [0.1, 0.15) is 30.1 Å². The fourth-order valence-corrected chi connectivity index (χ4v) is 4.02. The Morgan fingerprint density at radius 3 is 2.96 bits per heavy atom. The first-order valence-corrected chi connectivity index (χ1v) is 9.83. The first kappa shape index (κ1) is 18.8. The Morgan fingerprint density at radius 1 is 1.29 bits per heavy atom. The highest BCUT2D eigenvalue weighted by molar-refractivity contribution is 5.97. The van der Waals surface area contributed by atoms with E-state index in [2.05, 4.69) is 27.3 Å². The van der Waals surface area contributed by atoms with Gasteiger partial charge in [-0.15, -0.1) is 5.10 Å². The lowest BCUT2D eigenvalue weighted by Gasteiger charge is -2.31. The predicted octanol–water partition coefficient (Wildman–Crippen LogP) is 0.941. The largest absolute Gasteiger partial charge is 0.507 e. The summed E-state index contributed by atoms with van der Waals surface area (Å²) >= 11 is 0. The van der Waals surface area contributed by atoms with E-state index in [0.29, 0.717) is 32.0 Å². The second kappa shape index (κ2) is 8.24. The van der Waals surface area contributed by atoms with Crippen molar-refractivity contribution in [1.82, 2.24) is 30.0 Å². The fraction of sp³-hybridized carbons (Fsp3) is 0.579. The minimum atomic E-state index is -0.165. The van der Waals surface area contributed by atoms with Crippen LogP contribution in [-0.2, 0) is 4.74 Å².